The van der Waals surface area contributed by atoms with E-state index in [9.17, 15) is 4.79 Å². The van der Waals surface area contributed by atoms with Gasteiger partial charge in [-0.05, 0) is 26.8 Å². The number of anilines is 1. The lowest BCUT2D eigenvalue weighted by Crippen LogP contribution is -2.14. The summed E-state index contributed by atoms with van der Waals surface area (Å²) in [4.78, 5) is 11.4. The zero-order valence-corrected chi connectivity index (χ0v) is 12.8. The van der Waals surface area contributed by atoms with E-state index in [0.29, 0.717) is 24.8 Å². The molecule has 0 bridgehead atoms. The maximum absolute atomic E-state index is 11.4. The van der Waals surface area contributed by atoms with Gasteiger partial charge in [0.2, 0.25) is 0 Å². The highest BCUT2D eigenvalue weighted by molar-refractivity contribution is 5.87. The van der Waals surface area contributed by atoms with Gasteiger partial charge in [0, 0.05) is 30.5 Å². The maximum Gasteiger partial charge on any atom is 0.358 e. The van der Waals surface area contributed by atoms with Crippen molar-refractivity contribution in [2.45, 2.75) is 33.4 Å². The standard InChI is InChI=1S/C14H21N5O2/c1-10(2)18-7-5-13(17-18)15-6-8-19-11(3)9-12(16-19)14(20)21-4/h5,7,9-10H,6,8H2,1-4H3,(H,15,17). The van der Waals surface area contributed by atoms with Crippen LogP contribution in [0.5, 0.6) is 0 Å². The van der Waals surface area contributed by atoms with Gasteiger partial charge in [0.15, 0.2) is 5.69 Å². The molecular formula is C14H21N5O2. The Morgan fingerprint density at radius 1 is 1.43 bits per heavy atom. The molecule has 21 heavy (non-hydrogen) atoms. The molecule has 0 amide bonds. The van der Waals surface area contributed by atoms with E-state index >= 15 is 0 Å². The van der Waals surface area contributed by atoms with E-state index in [-0.39, 0.29) is 0 Å². The number of nitrogens with zero attached hydrogens (tertiary/aromatic N) is 4. The van der Waals surface area contributed by atoms with E-state index < -0.39 is 5.97 Å². The summed E-state index contributed by atoms with van der Waals surface area (Å²) in [5, 5.41) is 11.9. The summed E-state index contributed by atoms with van der Waals surface area (Å²) in [6, 6.07) is 4.01. The van der Waals surface area contributed by atoms with Gasteiger partial charge in [0.25, 0.3) is 0 Å². The minimum atomic E-state index is -0.416. The fraction of sp³-hybridized carbons (Fsp3) is 0.500. The molecule has 2 aromatic heterocycles. The van der Waals surface area contributed by atoms with Gasteiger partial charge in [-0.2, -0.15) is 10.2 Å². The number of methoxy groups -OCH3 is 1. The Morgan fingerprint density at radius 2 is 2.19 bits per heavy atom. The van der Waals surface area contributed by atoms with Crippen LogP contribution in [0.1, 0.15) is 36.1 Å². The molecule has 0 atom stereocenters. The fourth-order valence-electron chi connectivity index (χ4n) is 1.95. The Labute approximate surface area is 123 Å². The highest BCUT2D eigenvalue weighted by Crippen LogP contribution is 2.08. The van der Waals surface area contributed by atoms with E-state index in [4.69, 9.17) is 0 Å². The second-order valence-corrected chi connectivity index (χ2v) is 5.09. The SMILES string of the molecule is COC(=O)c1cc(C)n(CCNc2ccn(C(C)C)n2)n1. The number of hydrogen-bond acceptors (Lipinski definition) is 5. The Balaban J connectivity index is 1.91. The molecule has 1 N–H and O–H groups in total. The second kappa shape index (κ2) is 6.43. The number of aromatic nitrogens is 4. The zero-order valence-electron chi connectivity index (χ0n) is 12.8. The van der Waals surface area contributed by atoms with Gasteiger partial charge in [0.05, 0.1) is 13.7 Å². The molecule has 7 nitrogen and oxygen atoms in total. The summed E-state index contributed by atoms with van der Waals surface area (Å²) in [6.45, 7) is 7.40. The molecule has 0 saturated carbocycles. The Hall–Kier alpha value is -2.31. The molecule has 0 spiro atoms. The average Bonchev–Trinajstić information content (AvgIpc) is 3.06. The van der Waals surface area contributed by atoms with E-state index in [2.05, 4.69) is 34.1 Å². The molecule has 2 heterocycles. The van der Waals surface area contributed by atoms with Gasteiger partial charge in [-0.25, -0.2) is 4.79 Å². The smallest absolute Gasteiger partial charge is 0.358 e. The maximum atomic E-state index is 11.4. The first kappa shape index (κ1) is 15.1. The molecule has 114 valence electrons. The monoisotopic (exact) mass is 291 g/mol. The molecule has 0 aliphatic carbocycles. The highest BCUT2D eigenvalue weighted by Gasteiger charge is 2.12. The van der Waals surface area contributed by atoms with Crippen molar-refractivity contribution in [2.75, 3.05) is 19.0 Å². The number of nitrogens with one attached hydrogen (secondary N) is 1. The largest absolute Gasteiger partial charge is 0.464 e. The van der Waals surface area contributed by atoms with Crippen LogP contribution in [0.25, 0.3) is 0 Å². The van der Waals surface area contributed by atoms with E-state index in [0.717, 1.165) is 11.5 Å². The fourth-order valence-corrected chi connectivity index (χ4v) is 1.95. The third-order valence-corrected chi connectivity index (χ3v) is 3.14. The molecule has 0 aliphatic heterocycles. The van der Waals surface area contributed by atoms with Crippen LogP contribution in [0.15, 0.2) is 18.3 Å². The van der Waals surface area contributed by atoms with Crippen molar-refractivity contribution in [1.29, 1.82) is 0 Å². The Morgan fingerprint density at radius 3 is 2.81 bits per heavy atom. The van der Waals surface area contributed by atoms with Gasteiger partial charge in [0.1, 0.15) is 5.82 Å². The number of carbonyl (C=O) groups excluding carboxylic acids is 1. The number of hydrogen-bond donors (Lipinski definition) is 1. The molecule has 2 rings (SSSR count). The third kappa shape index (κ3) is 3.62. The normalized spacial score (nSPS) is 10.9. The van der Waals surface area contributed by atoms with Crippen molar-refractivity contribution in [2.24, 2.45) is 0 Å². The van der Waals surface area contributed by atoms with Gasteiger partial charge in [-0.1, -0.05) is 0 Å². The van der Waals surface area contributed by atoms with Gasteiger partial charge < -0.3 is 10.1 Å². The molecule has 0 unspecified atom stereocenters. The van der Waals surface area contributed by atoms with Crippen molar-refractivity contribution >= 4 is 11.8 Å². The van der Waals surface area contributed by atoms with Crippen LogP contribution in [0.3, 0.4) is 0 Å². The topological polar surface area (TPSA) is 74.0 Å². The van der Waals surface area contributed by atoms with Crippen LogP contribution in [0.2, 0.25) is 0 Å². The summed E-state index contributed by atoms with van der Waals surface area (Å²) in [5.74, 6) is 0.419. The first-order valence-electron chi connectivity index (χ1n) is 6.93. The van der Waals surface area contributed by atoms with Gasteiger partial charge in [-0.3, -0.25) is 9.36 Å². The summed E-state index contributed by atoms with van der Waals surface area (Å²) < 4.78 is 8.34. The minimum Gasteiger partial charge on any atom is -0.464 e. The summed E-state index contributed by atoms with van der Waals surface area (Å²) in [6.07, 6.45) is 1.95. The van der Waals surface area contributed by atoms with Crippen molar-refractivity contribution in [3.63, 3.8) is 0 Å². The number of ether oxygens (including phenoxy) is 1. The van der Waals surface area contributed by atoms with Crippen LogP contribution in [-0.4, -0.2) is 39.2 Å². The van der Waals surface area contributed by atoms with Crippen LogP contribution in [-0.2, 0) is 11.3 Å². The second-order valence-electron chi connectivity index (χ2n) is 5.09. The lowest BCUT2D eigenvalue weighted by atomic mass is 10.4. The lowest BCUT2D eigenvalue weighted by molar-refractivity contribution is 0.0593. The summed E-state index contributed by atoms with van der Waals surface area (Å²) in [7, 11) is 1.35. The van der Waals surface area contributed by atoms with Crippen LogP contribution in [0.4, 0.5) is 5.82 Å². The van der Waals surface area contributed by atoms with E-state index in [1.807, 2.05) is 23.9 Å². The highest BCUT2D eigenvalue weighted by atomic mass is 16.5. The molecule has 0 saturated heterocycles. The van der Waals surface area contributed by atoms with Crippen LogP contribution in [0, 0.1) is 6.92 Å². The molecule has 0 fully saturated rings. The first-order chi connectivity index (χ1) is 10.0. The van der Waals surface area contributed by atoms with Gasteiger partial charge >= 0.3 is 5.97 Å². The molecular weight excluding hydrogens is 270 g/mol. The number of rotatable bonds is 6. The number of carbonyl (C=O) groups is 1. The molecule has 0 radical (unpaired) electrons. The van der Waals surface area contributed by atoms with E-state index in [1.54, 1.807) is 10.7 Å². The van der Waals surface area contributed by atoms with Crippen LogP contribution < -0.4 is 5.32 Å². The summed E-state index contributed by atoms with van der Waals surface area (Å²) in [5.41, 5.74) is 1.25. The predicted octanol–water partition coefficient (Wildman–Crippen LogP) is 1.87. The van der Waals surface area contributed by atoms with Crippen molar-refractivity contribution < 1.29 is 9.53 Å². The number of aryl methyl sites for hydroxylation is 1. The lowest BCUT2D eigenvalue weighted by Gasteiger charge is -2.06. The van der Waals surface area contributed by atoms with Crippen molar-refractivity contribution in [1.82, 2.24) is 19.6 Å². The van der Waals surface area contributed by atoms with Crippen molar-refractivity contribution in [3.8, 4) is 0 Å². The average molecular weight is 291 g/mol. The van der Waals surface area contributed by atoms with E-state index in [1.165, 1.54) is 7.11 Å². The predicted molar refractivity (Wildman–Crippen MR) is 79.4 cm³/mol. The molecule has 7 heteroatoms. The Kier molecular flexibility index (Phi) is 4.62. The summed E-state index contributed by atoms with van der Waals surface area (Å²) >= 11 is 0. The van der Waals surface area contributed by atoms with Crippen molar-refractivity contribution in [3.05, 3.63) is 29.7 Å². The molecule has 0 aliphatic rings. The minimum absolute atomic E-state index is 0.332. The number of esters is 1. The van der Waals surface area contributed by atoms with Gasteiger partial charge in [-0.15, -0.1) is 0 Å². The molecule has 0 aromatic carbocycles. The molecule has 2 aromatic rings. The first-order valence-corrected chi connectivity index (χ1v) is 6.93. The quantitative estimate of drug-likeness (QED) is 0.822. The third-order valence-electron chi connectivity index (χ3n) is 3.14. The Bertz CT molecular complexity index is 615. The van der Waals surface area contributed by atoms with Crippen LogP contribution >= 0.6 is 0 Å². The zero-order chi connectivity index (χ0) is 15.4.